The summed E-state index contributed by atoms with van der Waals surface area (Å²) in [6.45, 7) is 0. The molecule has 0 fully saturated rings. The van der Waals surface area contributed by atoms with Crippen molar-refractivity contribution < 1.29 is 9.90 Å². The zero-order chi connectivity index (χ0) is 12.0. The largest absolute Gasteiger partial charge is 0.382 e. The summed E-state index contributed by atoms with van der Waals surface area (Å²) in [6, 6.07) is 8.06. The Kier molecular flexibility index (Phi) is 2.26. The zero-order valence-electron chi connectivity index (χ0n) is 9.63. The normalized spacial score (nSPS) is 27.3. The van der Waals surface area contributed by atoms with Gasteiger partial charge in [0.2, 0.25) is 0 Å². The Morgan fingerprint density at radius 3 is 3.00 bits per heavy atom. The van der Waals surface area contributed by atoms with Gasteiger partial charge < -0.3 is 5.11 Å². The second-order valence-electron chi connectivity index (χ2n) is 4.59. The van der Waals surface area contributed by atoms with E-state index in [-0.39, 0.29) is 11.8 Å². The van der Waals surface area contributed by atoms with Crippen molar-refractivity contribution >= 4 is 11.6 Å². The maximum absolute atomic E-state index is 11.7. The molecule has 0 bridgehead atoms. The minimum atomic E-state index is -0.944. The number of benzene rings is 1. The van der Waals surface area contributed by atoms with Crippen molar-refractivity contribution in [3.63, 3.8) is 0 Å². The standard InChI is InChI=1S/C13H14N2O2/c1-15-13(17)12(16)10-7-6-8-4-2-3-5-9(8)11(10)14-15/h2-5,10,12,16H,6-7H2,1H3/t10-,12-/m0/s1. The summed E-state index contributed by atoms with van der Waals surface area (Å²) in [5.74, 6) is -0.452. The lowest BCUT2D eigenvalue weighted by molar-refractivity contribution is -0.141. The van der Waals surface area contributed by atoms with Crippen LogP contribution in [0.2, 0.25) is 0 Å². The zero-order valence-corrected chi connectivity index (χ0v) is 9.63. The van der Waals surface area contributed by atoms with Crippen molar-refractivity contribution in [1.29, 1.82) is 0 Å². The maximum Gasteiger partial charge on any atom is 0.271 e. The highest BCUT2D eigenvalue weighted by Gasteiger charge is 2.39. The van der Waals surface area contributed by atoms with Crippen LogP contribution in [-0.2, 0) is 11.2 Å². The Bertz CT molecular complexity index is 510. The maximum atomic E-state index is 11.7. The van der Waals surface area contributed by atoms with Gasteiger partial charge in [-0.3, -0.25) is 4.79 Å². The molecule has 0 radical (unpaired) electrons. The minimum Gasteiger partial charge on any atom is -0.382 e. The van der Waals surface area contributed by atoms with E-state index in [2.05, 4.69) is 11.2 Å². The van der Waals surface area contributed by atoms with Crippen molar-refractivity contribution in [2.45, 2.75) is 18.9 Å². The average molecular weight is 230 g/mol. The van der Waals surface area contributed by atoms with Crippen molar-refractivity contribution in [2.75, 3.05) is 7.05 Å². The smallest absolute Gasteiger partial charge is 0.271 e. The summed E-state index contributed by atoms with van der Waals surface area (Å²) in [4.78, 5) is 11.7. The SMILES string of the molecule is CN1N=C2c3ccccc3CC[C@@H]2[C@H](O)C1=O. The summed E-state index contributed by atoms with van der Waals surface area (Å²) in [5, 5.41) is 15.6. The molecule has 3 rings (SSSR count). The molecule has 88 valence electrons. The van der Waals surface area contributed by atoms with E-state index < -0.39 is 6.10 Å². The molecule has 2 aliphatic rings. The number of hydrogen-bond donors (Lipinski definition) is 1. The average Bonchev–Trinajstić information content (AvgIpc) is 2.36. The van der Waals surface area contributed by atoms with Gasteiger partial charge in [-0.2, -0.15) is 5.10 Å². The van der Waals surface area contributed by atoms with E-state index in [0.29, 0.717) is 0 Å². The molecule has 1 aromatic rings. The van der Waals surface area contributed by atoms with E-state index in [4.69, 9.17) is 0 Å². The fraction of sp³-hybridized carbons (Fsp3) is 0.385. The van der Waals surface area contributed by atoms with Crippen LogP contribution >= 0.6 is 0 Å². The van der Waals surface area contributed by atoms with E-state index in [0.717, 1.165) is 24.1 Å². The Morgan fingerprint density at radius 2 is 2.18 bits per heavy atom. The van der Waals surface area contributed by atoms with Gasteiger partial charge >= 0.3 is 0 Å². The van der Waals surface area contributed by atoms with Gasteiger partial charge in [-0.25, -0.2) is 5.01 Å². The number of amides is 1. The van der Waals surface area contributed by atoms with Crippen LogP contribution in [0.1, 0.15) is 17.5 Å². The number of fused-ring (bicyclic) bond motifs is 3. The quantitative estimate of drug-likeness (QED) is 0.716. The van der Waals surface area contributed by atoms with Crippen LogP contribution in [0.15, 0.2) is 29.4 Å². The molecule has 0 spiro atoms. The number of carbonyl (C=O) groups is 1. The fourth-order valence-electron chi connectivity index (χ4n) is 2.65. The lowest BCUT2D eigenvalue weighted by Crippen LogP contribution is -2.48. The van der Waals surface area contributed by atoms with Crippen molar-refractivity contribution in [1.82, 2.24) is 5.01 Å². The number of carbonyl (C=O) groups excluding carboxylic acids is 1. The highest BCUT2D eigenvalue weighted by atomic mass is 16.3. The van der Waals surface area contributed by atoms with Gasteiger partial charge in [0.05, 0.1) is 5.71 Å². The first-order chi connectivity index (χ1) is 8.18. The Balaban J connectivity index is 2.13. The summed E-state index contributed by atoms with van der Waals surface area (Å²) in [5.41, 5.74) is 3.17. The predicted octanol–water partition coefficient (Wildman–Crippen LogP) is 0.786. The van der Waals surface area contributed by atoms with E-state index in [1.54, 1.807) is 7.05 Å². The van der Waals surface area contributed by atoms with Crippen LogP contribution in [-0.4, -0.2) is 34.9 Å². The van der Waals surface area contributed by atoms with Crippen LogP contribution in [0.3, 0.4) is 0 Å². The Hall–Kier alpha value is -1.68. The third kappa shape index (κ3) is 1.48. The van der Waals surface area contributed by atoms with Crippen molar-refractivity contribution in [2.24, 2.45) is 11.0 Å². The second-order valence-corrected chi connectivity index (χ2v) is 4.59. The van der Waals surface area contributed by atoms with Gasteiger partial charge in [-0.1, -0.05) is 24.3 Å². The van der Waals surface area contributed by atoms with Crippen LogP contribution in [0, 0.1) is 5.92 Å². The number of hydrogen-bond acceptors (Lipinski definition) is 3. The molecule has 0 saturated carbocycles. The first-order valence-electron chi connectivity index (χ1n) is 5.81. The molecule has 0 saturated heterocycles. The lowest BCUT2D eigenvalue weighted by atomic mass is 9.78. The highest BCUT2D eigenvalue weighted by molar-refractivity contribution is 6.08. The van der Waals surface area contributed by atoms with E-state index in [9.17, 15) is 9.90 Å². The number of aliphatic hydroxyl groups is 1. The lowest BCUT2D eigenvalue weighted by Gasteiger charge is -2.35. The first-order valence-corrected chi connectivity index (χ1v) is 5.81. The van der Waals surface area contributed by atoms with E-state index in [1.807, 2.05) is 18.2 Å². The molecular weight excluding hydrogens is 216 g/mol. The monoisotopic (exact) mass is 230 g/mol. The number of aliphatic hydroxyl groups excluding tert-OH is 1. The molecular formula is C13H14N2O2. The predicted molar refractivity (Wildman–Crippen MR) is 63.6 cm³/mol. The van der Waals surface area contributed by atoms with Gasteiger partial charge in [-0.15, -0.1) is 0 Å². The summed E-state index contributed by atoms with van der Waals surface area (Å²) < 4.78 is 0. The van der Waals surface area contributed by atoms with E-state index in [1.165, 1.54) is 10.6 Å². The molecule has 4 heteroatoms. The second kappa shape index (κ2) is 3.67. The van der Waals surface area contributed by atoms with Crippen molar-refractivity contribution in [3.05, 3.63) is 35.4 Å². The van der Waals surface area contributed by atoms with Gasteiger partial charge in [0.25, 0.3) is 5.91 Å². The van der Waals surface area contributed by atoms with Crippen molar-refractivity contribution in [3.8, 4) is 0 Å². The molecule has 17 heavy (non-hydrogen) atoms. The number of aryl methyl sites for hydroxylation is 1. The summed E-state index contributed by atoms with van der Waals surface area (Å²) in [7, 11) is 1.59. The minimum absolute atomic E-state index is 0.145. The van der Waals surface area contributed by atoms with Crippen LogP contribution in [0.5, 0.6) is 0 Å². The molecule has 1 N–H and O–H groups in total. The molecule has 0 unspecified atom stereocenters. The van der Waals surface area contributed by atoms with Gasteiger partial charge in [0.1, 0.15) is 6.10 Å². The van der Waals surface area contributed by atoms with Crippen LogP contribution in [0.25, 0.3) is 0 Å². The molecule has 1 amide bonds. The molecule has 2 atom stereocenters. The molecule has 4 nitrogen and oxygen atoms in total. The number of nitrogens with zero attached hydrogens (tertiary/aromatic N) is 2. The third-order valence-corrected chi connectivity index (χ3v) is 3.58. The van der Waals surface area contributed by atoms with Gasteiger partial charge in [0.15, 0.2) is 0 Å². The first kappa shape index (κ1) is 10.5. The summed E-state index contributed by atoms with van der Waals surface area (Å²) in [6.07, 6.45) is 0.741. The van der Waals surface area contributed by atoms with Gasteiger partial charge in [0, 0.05) is 18.5 Å². The Morgan fingerprint density at radius 1 is 1.41 bits per heavy atom. The van der Waals surface area contributed by atoms with Gasteiger partial charge in [-0.05, 0) is 18.4 Å². The molecule has 1 aliphatic carbocycles. The third-order valence-electron chi connectivity index (χ3n) is 3.58. The molecule has 0 aromatic heterocycles. The van der Waals surface area contributed by atoms with E-state index >= 15 is 0 Å². The topological polar surface area (TPSA) is 52.9 Å². The van der Waals surface area contributed by atoms with Crippen LogP contribution < -0.4 is 0 Å². The number of likely N-dealkylation sites (N-methyl/N-ethyl adjacent to an activating group) is 1. The summed E-state index contributed by atoms with van der Waals surface area (Å²) >= 11 is 0. The molecule has 1 aromatic carbocycles. The number of rotatable bonds is 0. The molecule has 1 heterocycles. The Labute approximate surface area is 99.6 Å². The highest BCUT2D eigenvalue weighted by Crippen LogP contribution is 2.31. The molecule has 1 aliphatic heterocycles. The van der Waals surface area contributed by atoms with Crippen LogP contribution in [0.4, 0.5) is 0 Å². The fourth-order valence-corrected chi connectivity index (χ4v) is 2.65. The number of hydrazone groups is 1.